The molecule has 2 rings (SSSR count). The molecule has 0 fully saturated rings. The van der Waals surface area contributed by atoms with Gasteiger partial charge in [0.25, 0.3) is 5.91 Å². The van der Waals surface area contributed by atoms with Crippen molar-refractivity contribution in [3.05, 3.63) is 59.8 Å². The van der Waals surface area contributed by atoms with Crippen LogP contribution in [-0.4, -0.2) is 31.2 Å². The molecule has 8 heteroatoms. The Labute approximate surface area is 155 Å². The number of amides is 1. The third-order valence-electron chi connectivity index (χ3n) is 3.51. The van der Waals surface area contributed by atoms with Crippen LogP contribution in [0.15, 0.2) is 54.2 Å². The molecule has 0 unspecified atom stereocenters. The molecule has 2 aromatic rings. The minimum Gasteiger partial charge on any atom is -0.497 e. The van der Waals surface area contributed by atoms with E-state index >= 15 is 0 Å². The van der Waals surface area contributed by atoms with Crippen LogP contribution in [0.5, 0.6) is 11.5 Å². The van der Waals surface area contributed by atoms with Crippen LogP contribution < -0.4 is 20.1 Å². The number of nitrogens with one attached hydrogen (secondary N) is 2. The Morgan fingerprint density at radius 1 is 1.15 bits per heavy atom. The smallest absolute Gasteiger partial charge is 0.335 e. The summed E-state index contributed by atoms with van der Waals surface area (Å²) in [6.45, 7) is 0. The molecule has 0 aliphatic carbocycles. The predicted molar refractivity (Wildman–Crippen MR) is 98.9 cm³/mol. The molecule has 0 saturated heterocycles. The molecule has 0 spiro atoms. The molecule has 3 N–H and O–H groups in total. The number of benzene rings is 2. The van der Waals surface area contributed by atoms with Crippen molar-refractivity contribution < 1.29 is 24.2 Å². The fraction of sp³-hybridized carbons (Fsp3) is 0.105. The molecule has 1 amide bonds. The van der Waals surface area contributed by atoms with Crippen molar-refractivity contribution in [3.63, 3.8) is 0 Å². The number of aromatic carboxylic acids is 1. The lowest BCUT2D eigenvalue weighted by Crippen LogP contribution is -2.15. The van der Waals surface area contributed by atoms with E-state index in [2.05, 4.69) is 10.6 Å². The van der Waals surface area contributed by atoms with Crippen LogP contribution in [0.25, 0.3) is 0 Å². The zero-order valence-corrected chi connectivity index (χ0v) is 14.6. The third kappa shape index (κ3) is 4.99. The number of ether oxygens (including phenoxy) is 2. The second-order valence-electron chi connectivity index (χ2n) is 5.22. The first-order chi connectivity index (χ1) is 13.0. The van der Waals surface area contributed by atoms with Crippen molar-refractivity contribution in [1.82, 2.24) is 0 Å². The normalized spacial score (nSPS) is 10.5. The van der Waals surface area contributed by atoms with E-state index in [0.717, 1.165) is 0 Å². The number of carboxylic acids is 1. The zero-order valence-electron chi connectivity index (χ0n) is 14.6. The van der Waals surface area contributed by atoms with Crippen LogP contribution in [0.3, 0.4) is 0 Å². The Morgan fingerprint density at radius 3 is 2.56 bits per heavy atom. The van der Waals surface area contributed by atoms with Gasteiger partial charge in [0.15, 0.2) is 0 Å². The van der Waals surface area contributed by atoms with E-state index in [1.54, 1.807) is 24.3 Å². The Hall–Kier alpha value is -3.99. The quantitative estimate of drug-likeness (QED) is 0.508. The van der Waals surface area contributed by atoms with Crippen molar-refractivity contribution in [2.24, 2.45) is 0 Å². The minimum absolute atomic E-state index is 0.0244. The monoisotopic (exact) mass is 367 g/mol. The van der Waals surface area contributed by atoms with Gasteiger partial charge in [0.1, 0.15) is 23.1 Å². The summed E-state index contributed by atoms with van der Waals surface area (Å²) in [6.07, 6.45) is 1.24. The van der Waals surface area contributed by atoms with Gasteiger partial charge in [-0.1, -0.05) is 6.07 Å². The highest BCUT2D eigenvalue weighted by molar-refractivity contribution is 6.07. The summed E-state index contributed by atoms with van der Waals surface area (Å²) in [5.74, 6) is -0.731. The lowest BCUT2D eigenvalue weighted by atomic mass is 10.2. The van der Waals surface area contributed by atoms with Crippen molar-refractivity contribution in [1.29, 1.82) is 5.26 Å². The predicted octanol–water partition coefficient (Wildman–Crippen LogP) is 2.86. The van der Waals surface area contributed by atoms with Crippen LogP contribution in [0, 0.1) is 11.3 Å². The van der Waals surface area contributed by atoms with E-state index in [9.17, 15) is 14.9 Å². The fourth-order valence-electron chi connectivity index (χ4n) is 2.14. The summed E-state index contributed by atoms with van der Waals surface area (Å²) in [7, 11) is 3.01. The number of nitriles is 1. The van der Waals surface area contributed by atoms with E-state index in [0.29, 0.717) is 17.2 Å². The summed E-state index contributed by atoms with van der Waals surface area (Å²) in [6, 6.07) is 12.5. The molecule has 0 saturated carbocycles. The molecule has 0 bridgehead atoms. The molecule has 138 valence electrons. The van der Waals surface area contributed by atoms with Gasteiger partial charge in [0.2, 0.25) is 0 Å². The number of methoxy groups -OCH3 is 2. The minimum atomic E-state index is -1.12. The zero-order chi connectivity index (χ0) is 19.8. The summed E-state index contributed by atoms with van der Waals surface area (Å²) < 4.78 is 10.3. The first kappa shape index (κ1) is 19.3. The van der Waals surface area contributed by atoms with Crippen molar-refractivity contribution in [2.75, 3.05) is 24.9 Å². The van der Waals surface area contributed by atoms with Gasteiger partial charge < -0.3 is 25.2 Å². The highest BCUT2D eigenvalue weighted by Gasteiger charge is 2.12. The SMILES string of the molecule is COc1ccc(N/C=C(/C#N)C(=O)Nc2cccc(C(=O)O)c2)c(OC)c1. The van der Waals surface area contributed by atoms with Gasteiger partial charge in [-0.2, -0.15) is 5.26 Å². The molecule has 8 nitrogen and oxygen atoms in total. The van der Waals surface area contributed by atoms with Gasteiger partial charge in [-0.3, -0.25) is 4.79 Å². The van der Waals surface area contributed by atoms with E-state index in [1.807, 2.05) is 0 Å². The fourth-order valence-corrected chi connectivity index (χ4v) is 2.14. The van der Waals surface area contributed by atoms with Gasteiger partial charge in [0.05, 0.1) is 25.5 Å². The summed E-state index contributed by atoms with van der Waals surface area (Å²) >= 11 is 0. The molecule has 0 atom stereocenters. The first-order valence-corrected chi connectivity index (χ1v) is 7.72. The molecule has 0 aromatic heterocycles. The molecule has 2 aromatic carbocycles. The maximum absolute atomic E-state index is 12.3. The van der Waals surface area contributed by atoms with Crippen LogP contribution in [-0.2, 0) is 4.79 Å². The van der Waals surface area contributed by atoms with Crippen molar-refractivity contribution in [2.45, 2.75) is 0 Å². The number of hydrogen-bond acceptors (Lipinski definition) is 6. The number of carbonyl (C=O) groups excluding carboxylic acids is 1. The number of carbonyl (C=O) groups is 2. The van der Waals surface area contributed by atoms with Crippen molar-refractivity contribution >= 4 is 23.3 Å². The number of anilines is 2. The maximum atomic E-state index is 12.3. The lowest BCUT2D eigenvalue weighted by Gasteiger charge is -2.10. The van der Waals surface area contributed by atoms with Crippen molar-refractivity contribution in [3.8, 4) is 17.6 Å². The van der Waals surface area contributed by atoms with Gasteiger partial charge >= 0.3 is 5.97 Å². The molecule has 0 heterocycles. The first-order valence-electron chi connectivity index (χ1n) is 7.72. The Bertz CT molecular complexity index is 931. The number of nitrogens with zero attached hydrogens (tertiary/aromatic N) is 1. The molecular weight excluding hydrogens is 350 g/mol. The Balaban J connectivity index is 2.16. The number of rotatable bonds is 7. The van der Waals surface area contributed by atoms with E-state index in [1.165, 1.54) is 44.7 Å². The largest absolute Gasteiger partial charge is 0.497 e. The van der Waals surface area contributed by atoms with Crippen LogP contribution in [0.4, 0.5) is 11.4 Å². The van der Waals surface area contributed by atoms with Crippen LogP contribution in [0.1, 0.15) is 10.4 Å². The third-order valence-corrected chi connectivity index (χ3v) is 3.51. The highest BCUT2D eigenvalue weighted by Crippen LogP contribution is 2.29. The summed E-state index contributed by atoms with van der Waals surface area (Å²) in [5.41, 5.74) is 0.625. The second-order valence-corrected chi connectivity index (χ2v) is 5.22. The van der Waals surface area contributed by atoms with Gasteiger partial charge in [-0.05, 0) is 30.3 Å². The lowest BCUT2D eigenvalue weighted by molar-refractivity contribution is -0.112. The number of hydrogen-bond donors (Lipinski definition) is 3. The van der Waals surface area contributed by atoms with Crippen LogP contribution in [0.2, 0.25) is 0 Å². The summed E-state index contributed by atoms with van der Waals surface area (Å²) in [5, 5.41) is 23.6. The Kier molecular flexibility index (Phi) is 6.39. The molecule has 0 radical (unpaired) electrons. The molecule has 0 aliphatic heterocycles. The van der Waals surface area contributed by atoms with E-state index in [-0.39, 0.29) is 16.8 Å². The average Bonchev–Trinajstić information content (AvgIpc) is 2.68. The topological polar surface area (TPSA) is 121 Å². The van der Waals surface area contributed by atoms with Crippen LogP contribution >= 0.6 is 0 Å². The molecule has 27 heavy (non-hydrogen) atoms. The maximum Gasteiger partial charge on any atom is 0.335 e. The number of carboxylic acid groups (broad SMARTS) is 1. The standard InChI is InChI=1S/C19H17N3O5/c1-26-15-6-7-16(17(9-15)27-2)21-11-13(10-20)18(23)22-14-5-3-4-12(8-14)19(24)25/h3-9,11,21H,1-2H3,(H,22,23)(H,24,25)/b13-11-. The Morgan fingerprint density at radius 2 is 1.93 bits per heavy atom. The van der Waals surface area contributed by atoms with E-state index < -0.39 is 11.9 Å². The average molecular weight is 367 g/mol. The van der Waals surface area contributed by atoms with Gasteiger partial charge in [-0.15, -0.1) is 0 Å². The molecule has 0 aliphatic rings. The van der Waals surface area contributed by atoms with E-state index in [4.69, 9.17) is 14.6 Å². The second kappa shape index (κ2) is 8.92. The highest BCUT2D eigenvalue weighted by atomic mass is 16.5. The van der Waals surface area contributed by atoms with Gasteiger partial charge in [-0.25, -0.2) is 4.79 Å². The summed E-state index contributed by atoms with van der Waals surface area (Å²) in [4.78, 5) is 23.2. The molecular formula is C19H17N3O5. The van der Waals surface area contributed by atoms with Gasteiger partial charge in [0, 0.05) is 18.0 Å².